The third-order valence-corrected chi connectivity index (χ3v) is 6.47. The number of allylic oxidation sites excluding steroid dienone is 2. The molecule has 0 bridgehead atoms. The van der Waals surface area contributed by atoms with Crippen molar-refractivity contribution in [3.63, 3.8) is 0 Å². The van der Waals surface area contributed by atoms with Gasteiger partial charge in [-0.1, -0.05) is 0 Å². The summed E-state index contributed by atoms with van der Waals surface area (Å²) in [6.07, 6.45) is -0.238. The van der Waals surface area contributed by atoms with Gasteiger partial charge in [0.05, 0.1) is 23.0 Å². The van der Waals surface area contributed by atoms with E-state index in [1.165, 1.54) is 13.8 Å². The molecule has 2 unspecified atom stereocenters. The van der Waals surface area contributed by atoms with Crippen molar-refractivity contribution >= 4 is 42.6 Å². The number of halogens is 3. The normalized spacial score (nSPS) is 20.6. The van der Waals surface area contributed by atoms with Crippen LogP contribution in [0.4, 0.5) is 11.7 Å². The summed E-state index contributed by atoms with van der Waals surface area (Å²) < 4.78 is 118. The Morgan fingerprint density at radius 3 is 1.69 bits per heavy atom. The van der Waals surface area contributed by atoms with Gasteiger partial charge in [0.1, 0.15) is 5.25 Å². The summed E-state index contributed by atoms with van der Waals surface area (Å²) in [4.78, 5) is 20.9. The first-order valence-electron chi connectivity index (χ1n) is 7.65. The Hall–Kier alpha value is -1.94. The monoisotopic (exact) mass is 484 g/mol. The first kappa shape index (κ1) is 25.1. The van der Waals surface area contributed by atoms with Crippen LogP contribution in [0.25, 0.3) is 0 Å². The molecule has 0 aromatic rings. The highest BCUT2D eigenvalue weighted by atomic mass is 32.3. The van der Waals surface area contributed by atoms with Gasteiger partial charge in [-0.25, -0.2) is 0 Å². The minimum absolute atomic E-state index is 0.0878. The maximum absolute atomic E-state index is 13.9. The highest BCUT2D eigenvalue weighted by molar-refractivity contribution is 7.92. The lowest BCUT2D eigenvalue weighted by molar-refractivity contribution is -0.163. The molecule has 16 heteroatoms. The second kappa shape index (κ2) is 8.83. The summed E-state index contributed by atoms with van der Waals surface area (Å²) in [6, 6.07) is 0. The van der Waals surface area contributed by atoms with Crippen molar-refractivity contribution in [2.45, 2.75) is 19.1 Å². The van der Waals surface area contributed by atoms with Crippen LogP contribution in [0.2, 0.25) is 0 Å². The molecule has 1 rings (SSSR count). The first-order valence-corrected chi connectivity index (χ1v) is 11.9. The Balaban J connectivity index is 3.92. The zero-order valence-corrected chi connectivity index (χ0v) is 17.2. The van der Waals surface area contributed by atoms with E-state index in [1.54, 1.807) is 0 Å². The minimum atomic E-state index is -6.06. The van der Waals surface area contributed by atoms with Crippen LogP contribution in [-0.2, 0) is 49.7 Å². The lowest BCUT2D eigenvalue weighted by Gasteiger charge is -2.30. The highest BCUT2D eigenvalue weighted by Gasteiger charge is 2.53. The van der Waals surface area contributed by atoms with Gasteiger partial charge in [-0.2, -0.15) is 25.3 Å². The van der Waals surface area contributed by atoms with Crippen LogP contribution in [0.15, 0.2) is 22.0 Å². The number of ether oxygens (including phenoxy) is 2. The van der Waals surface area contributed by atoms with Gasteiger partial charge in [0.25, 0.3) is 0 Å². The van der Waals surface area contributed by atoms with Crippen molar-refractivity contribution in [1.29, 1.82) is 0 Å². The van der Waals surface area contributed by atoms with Crippen molar-refractivity contribution in [3.05, 3.63) is 22.0 Å². The summed E-state index contributed by atoms with van der Waals surface area (Å²) in [5, 5.41) is -2.94. The molecule has 0 heterocycles. The summed E-state index contributed by atoms with van der Waals surface area (Å²) in [5.41, 5.74) is 0. The number of esters is 2. The van der Waals surface area contributed by atoms with Gasteiger partial charge in [0.2, 0.25) is 0 Å². The Morgan fingerprint density at radius 1 is 0.931 bits per heavy atom. The van der Waals surface area contributed by atoms with E-state index in [4.69, 9.17) is 0 Å². The molecule has 2 atom stereocenters. The van der Waals surface area contributed by atoms with Crippen molar-refractivity contribution in [2.24, 2.45) is 11.8 Å². The molecule has 166 valence electrons. The second-order valence-electron chi connectivity index (χ2n) is 5.44. The molecule has 29 heavy (non-hydrogen) atoms. The van der Waals surface area contributed by atoms with Gasteiger partial charge in [-0.05, 0) is 26.0 Å². The van der Waals surface area contributed by atoms with E-state index < -0.39 is 82.7 Å². The fourth-order valence-corrected chi connectivity index (χ4v) is 5.22. The van der Waals surface area contributed by atoms with Crippen LogP contribution in [0, 0.1) is 11.8 Å². The topological polar surface area (TPSA) is 155 Å². The zero-order chi connectivity index (χ0) is 22.8. The lowest BCUT2D eigenvalue weighted by atomic mass is 9.86. The van der Waals surface area contributed by atoms with Gasteiger partial charge < -0.3 is 9.47 Å². The molecule has 0 fully saturated rings. The standard InChI is InChI=1S/C13H15F3O10S3/c1-3-25-12(17)11(13(18)26-4-2)10-8(28(15,21)22)5-7(27(14,19)20)6-9(10)29(16,23)24/h5-6,8,10-11H,3-4H2,1-2H3. The van der Waals surface area contributed by atoms with Gasteiger partial charge >= 0.3 is 42.6 Å². The molecular weight excluding hydrogens is 469 g/mol. The molecule has 0 radical (unpaired) electrons. The van der Waals surface area contributed by atoms with Crippen molar-refractivity contribution in [3.8, 4) is 0 Å². The van der Waals surface area contributed by atoms with Gasteiger partial charge in [-0.15, -0.1) is 11.7 Å². The molecular formula is C13H15F3O10S3. The van der Waals surface area contributed by atoms with Crippen molar-refractivity contribution < 1.29 is 56.0 Å². The van der Waals surface area contributed by atoms with Crippen LogP contribution >= 0.6 is 0 Å². The predicted octanol–water partition coefficient (Wildman–Crippen LogP) is 0.393. The van der Waals surface area contributed by atoms with Crippen LogP contribution < -0.4 is 0 Å². The van der Waals surface area contributed by atoms with E-state index in [0.29, 0.717) is 0 Å². The predicted molar refractivity (Wildman–Crippen MR) is 90.3 cm³/mol. The van der Waals surface area contributed by atoms with Crippen molar-refractivity contribution in [2.75, 3.05) is 13.2 Å². The number of rotatable bonds is 8. The van der Waals surface area contributed by atoms with Gasteiger partial charge in [0, 0.05) is 5.92 Å². The summed E-state index contributed by atoms with van der Waals surface area (Å²) in [7, 11) is -17.9. The Kier molecular flexibility index (Phi) is 7.64. The third kappa shape index (κ3) is 6.02. The van der Waals surface area contributed by atoms with E-state index in [1.807, 2.05) is 0 Å². The van der Waals surface area contributed by atoms with Crippen molar-refractivity contribution in [1.82, 2.24) is 0 Å². The molecule has 0 spiro atoms. The van der Waals surface area contributed by atoms with E-state index in [0.717, 1.165) is 0 Å². The maximum atomic E-state index is 13.9. The van der Waals surface area contributed by atoms with Gasteiger partial charge in [-0.3, -0.25) is 9.59 Å². The first-order chi connectivity index (χ1) is 13.1. The van der Waals surface area contributed by atoms with Crippen LogP contribution in [0.5, 0.6) is 0 Å². The van der Waals surface area contributed by atoms with E-state index in [-0.39, 0.29) is 12.2 Å². The average molecular weight is 484 g/mol. The third-order valence-electron chi connectivity index (χ3n) is 3.62. The molecule has 0 N–H and O–H groups in total. The summed E-state index contributed by atoms with van der Waals surface area (Å²) >= 11 is 0. The van der Waals surface area contributed by atoms with Crippen LogP contribution in [-0.4, -0.2) is 55.7 Å². The quantitative estimate of drug-likeness (QED) is 0.268. The fraction of sp³-hybridized carbons (Fsp3) is 0.538. The molecule has 0 aromatic heterocycles. The molecule has 0 amide bonds. The Labute approximate surface area is 165 Å². The average Bonchev–Trinajstić information content (AvgIpc) is 2.52. The smallest absolute Gasteiger partial charge is 0.331 e. The fourth-order valence-electron chi connectivity index (χ4n) is 2.56. The Morgan fingerprint density at radius 2 is 1.38 bits per heavy atom. The van der Waals surface area contributed by atoms with E-state index in [9.17, 15) is 46.5 Å². The minimum Gasteiger partial charge on any atom is -0.465 e. The SMILES string of the molecule is CCOC(=O)C(C(=O)OCC)C1C(S(=O)(=O)F)=CC(S(=O)(=O)F)=CC1S(=O)(=O)F. The number of carbonyl (C=O) groups is 2. The maximum Gasteiger partial charge on any atom is 0.331 e. The lowest BCUT2D eigenvalue weighted by Crippen LogP contribution is -2.44. The second-order valence-corrected chi connectivity index (χ2v) is 9.63. The van der Waals surface area contributed by atoms with Gasteiger partial charge in [0.15, 0.2) is 5.92 Å². The largest absolute Gasteiger partial charge is 0.465 e. The van der Waals surface area contributed by atoms with Crippen LogP contribution in [0.1, 0.15) is 13.8 Å². The molecule has 0 aromatic carbocycles. The Bertz CT molecular complexity index is 1040. The molecule has 0 aliphatic heterocycles. The number of carbonyl (C=O) groups excluding carboxylic acids is 2. The molecule has 0 saturated carbocycles. The van der Waals surface area contributed by atoms with E-state index in [2.05, 4.69) is 9.47 Å². The number of hydrogen-bond donors (Lipinski definition) is 0. The molecule has 0 saturated heterocycles. The van der Waals surface area contributed by atoms with Crippen LogP contribution in [0.3, 0.4) is 0 Å². The van der Waals surface area contributed by atoms with E-state index >= 15 is 0 Å². The zero-order valence-electron chi connectivity index (χ0n) is 14.7. The number of hydrogen-bond acceptors (Lipinski definition) is 10. The summed E-state index contributed by atoms with van der Waals surface area (Å²) in [6.45, 7) is 1.69. The molecule has 1 aliphatic rings. The summed E-state index contributed by atoms with van der Waals surface area (Å²) in [5.74, 6) is -8.39. The highest BCUT2D eigenvalue weighted by Crippen LogP contribution is 2.41. The molecule has 1 aliphatic carbocycles. The molecule has 10 nitrogen and oxygen atoms in total.